The molecule has 0 aliphatic carbocycles. The van der Waals surface area contributed by atoms with E-state index in [0.29, 0.717) is 16.1 Å². The second-order valence-corrected chi connectivity index (χ2v) is 6.02. The smallest absolute Gasteiger partial charge is 0.193 e. The summed E-state index contributed by atoms with van der Waals surface area (Å²) >= 11 is 6.18. The first-order valence-corrected chi connectivity index (χ1v) is 7.39. The molecule has 1 atom stereocenters. The number of aromatic nitrogens is 2. The third-order valence-electron chi connectivity index (χ3n) is 3.67. The number of benzene rings is 1. The molecule has 0 saturated heterocycles. The SMILES string of the molecule is Cc1nc2c(F)cc(C3N=C(N)NC=C3Cl)cc2n1C(C)C. The highest BCUT2D eigenvalue weighted by atomic mass is 35.5. The minimum atomic E-state index is -0.502. The zero-order chi connectivity index (χ0) is 16.0. The van der Waals surface area contributed by atoms with Gasteiger partial charge in [-0.2, -0.15) is 0 Å². The molecule has 5 nitrogen and oxygen atoms in total. The average Bonchev–Trinajstić information content (AvgIpc) is 2.78. The Morgan fingerprint density at radius 1 is 1.41 bits per heavy atom. The van der Waals surface area contributed by atoms with Crippen molar-refractivity contribution in [3.05, 3.63) is 40.6 Å². The highest BCUT2D eigenvalue weighted by molar-refractivity contribution is 6.30. The maximum atomic E-state index is 14.4. The summed E-state index contributed by atoms with van der Waals surface area (Å²) in [6.07, 6.45) is 1.57. The summed E-state index contributed by atoms with van der Waals surface area (Å²) in [6, 6.07) is 2.97. The predicted octanol–water partition coefficient (Wildman–Crippen LogP) is 3.10. The van der Waals surface area contributed by atoms with Crippen LogP contribution in [0.4, 0.5) is 4.39 Å². The molecule has 116 valence electrons. The van der Waals surface area contributed by atoms with Gasteiger partial charge in [0.1, 0.15) is 17.4 Å². The molecule has 7 heteroatoms. The first-order chi connectivity index (χ1) is 10.4. The van der Waals surface area contributed by atoms with Crippen molar-refractivity contribution in [1.29, 1.82) is 0 Å². The third kappa shape index (κ3) is 2.33. The lowest BCUT2D eigenvalue weighted by atomic mass is 10.1. The Kier molecular flexibility index (Phi) is 3.56. The Labute approximate surface area is 132 Å². The number of nitrogens with zero attached hydrogens (tertiary/aromatic N) is 3. The van der Waals surface area contributed by atoms with E-state index in [-0.39, 0.29) is 17.8 Å². The van der Waals surface area contributed by atoms with Gasteiger partial charge in [-0.05, 0) is 38.5 Å². The number of hydrogen-bond donors (Lipinski definition) is 2. The maximum Gasteiger partial charge on any atom is 0.193 e. The zero-order valence-corrected chi connectivity index (χ0v) is 13.3. The van der Waals surface area contributed by atoms with E-state index in [0.717, 1.165) is 11.3 Å². The van der Waals surface area contributed by atoms with E-state index in [9.17, 15) is 4.39 Å². The van der Waals surface area contributed by atoms with Gasteiger partial charge >= 0.3 is 0 Å². The Morgan fingerprint density at radius 3 is 2.82 bits per heavy atom. The van der Waals surface area contributed by atoms with E-state index >= 15 is 0 Å². The van der Waals surface area contributed by atoms with Gasteiger partial charge < -0.3 is 15.6 Å². The van der Waals surface area contributed by atoms with Gasteiger partial charge in [-0.1, -0.05) is 11.6 Å². The number of aryl methyl sites for hydroxylation is 1. The van der Waals surface area contributed by atoms with Crippen molar-refractivity contribution in [2.75, 3.05) is 0 Å². The lowest BCUT2D eigenvalue weighted by Crippen LogP contribution is -2.31. The standard InChI is InChI=1S/C15H17ClFN5/c1-7(2)22-8(3)20-14-11(17)4-9(5-12(14)22)13-10(16)6-19-15(18)21-13/h4-7,13H,1-3H3,(H3,18,19,21). The summed E-state index contributed by atoms with van der Waals surface area (Å²) in [5, 5.41) is 3.20. The molecule has 1 aliphatic heterocycles. The second kappa shape index (κ2) is 5.28. The summed E-state index contributed by atoms with van der Waals surface area (Å²) in [6.45, 7) is 5.94. The van der Waals surface area contributed by atoms with Gasteiger partial charge in [0.25, 0.3) is 0 Å². The van der Waals surface area contributed by atoms with Crippen LogP contribution >= 0.6 is 11.6 Å². The van der Waals surface area contributed by atoms with Crippen molar-refractivity contribution in [2.24, 2.45) is 10.7 Å². The fourth-order valence-electron chi connectivity index (χ4n) is 2.79. The summed E-state index contributed by atoms with van der Waals surface area (Å²) in [4.78, 5) is 8.57. The monoisotopic (exact) mass is 321 g/mol. The normalized spacial score (nSPS) is 18.4. The molecule has 2 heterocycles. The average molecular weight is 322 g/mol. The summed E-state index contributed by atoms with van der Waals surface area (Å²) < 4.78 is 16.4. The molecule has 0 bridgehead atoms. The molecule has 1 aliphatic rings. The molecule has 3 rings (SSSR count). The van der Waals surface area contributed by atoms with E-state index in [2.05, 4.69) is 15.3 Å². The Morgan fingerprint density at radius 2 is 2.14 bits per heavy atom. The molecular weight excluding hydrogens is 305 g/mol. The zero-order valence-electron chi connectivity index (χ0n) is 12.6. The van der Waals surface area contributed by atoms with Crippen molar-refractivity contribution in [2.45, 2.75) is 32.9 Å². The van der Waals surface area contributed by atoms with Crippen molar-refractivity contribution in [3.8, 4) is 0 Å². The van der Waals surface area contributed by atoms with Gasteiger partial charge in [0.05, 0.1) is 10.5 Å². The molecule has 0 amide bonds. The number of nitrogens with two attached hydrogens (primary N) is 1. The molecule has 1 unspecified atom stereocenters. The number of hydrogen-bond acceptors (Lipinski definition) is 4. The number of rotatable bonds is 2. The number of imidazole rings is 1. The van der Waals surface area contributed by atoms with Crippen LogP contribution in [-0.2, 0) is 0 Å². The lowest BCUT2D eigenvalue weighted by molar-refractivity contribution is 0.599. The molecule has 0 spiro atoms. The van der Waals surface area contributed by atoms with Gasteiger partial charge in [0.15, 0.2) is 11.8 Å². The lowest BCUT2D eigenvalue weighted by Gasteiger charge is -2.19. The van der Waals surface area contributed by atoms with Gasteiger partial charge in [-0.25, -0.2) is 14.4 Å². The minimum absolute atomic E-state index is 0.173. The van der Waals surface area contributed by atoms with E-state index < -0.39 is 6.04 Å². The predicted molar refractivity (Wildman–Crippen MR) is 86.2 cm³/mol. The van der Waals surface area contributed by atoms with Crippen LogP contribution in [0.25, 0.3) is 11.0 Å². The van der Waals surface area contributed by atoms with E-state index in [1.54, 1.807) is 6.20 Å². The van der Waals surface area contributed by atoms with Crippen LogP contribution in [0.1, 0.15) is 37.3 Å². The number of fused-ring (bicyclic) bond motifs is 1. The van der Waals surface area contributed by atoms with Gasteiger partial charge in [0, 0.05) is 12.2 Å². The molecule has 0 radical (unpaired) electrons. The quantitative estimate of drug-likeness (QED) is 0.893. The first-order valence-electron chi connectivity index (χ1n) is 7.02. The van der Waals surface area contributed by atoms with E-state index in [1.165, 1.54) is 6.07 Å². The molecule has 2 aromatic rings. The van der Waals surface area contributed by atoms with Crippen molar-refractivity contribution >= 4 is 28.6 Å². The third-order valence-corrected chi connectivity index (χ3v) is 3.98. The van der Waals surface area contributed by atoms with Crippen LogP contribution in [0.15, 0.2) is 28.4 Å². The molecule has 22 heavy (non-hydrogen) atoms. The molecule has 0 saturated carbocycles. The number of halogens is 2. The molecule has 1 aromatic heterocycles. The number of nitrogens with one attached hydrogen (secondary N) is 1. The second-order valence-electron chi connectivity index (χ2n) is 5.58. The maximum absolute atomic E-state index is 14.4. The largest absolute Gasteiger partial charge is 0.370 e. The first kappa shape index (κ1) is 14.8. The van der Waals surface area contributed by atoms with Gasteiger partial charge in [-0.15, -0.1) is 0 Å². The van der Waals surface area contributed by atoms with Crippen LogP contribution in [0, 0.1) is 12.7 Å². The van der Waals surface area contributed by atoms with Crippen LogP contribution < -0.4 is 11.1 Å². The van der Waals surface area contributed by atoms with Crippen LogP contribution in [0.2, 0.25) is 0 Å². The molecule has 1 aromatic carbocycles. The molecule has 0 fully saturated rings. The van der Waals surface area contributed by atoms with E-state index in [1.807, 2.05) is 31.4 Å². The highest BCUT2D eigenvalue weighted by Crippen LogP contribution is 2.33. The van der Waals surface area contributed by atoms with Gasteiger partial charge in [-0.3, -0.25) is 0 Å². The summed E-state index contributed by atoms with van der Waals surface area (Å²) in [5.74, 6) is 0.645. The van der Waals surface area contributed by atoms with E-state index in [4.69, 9.17) is 17.3 Å². The topological polar surface area (TPSA) is 68.2 Å². The minimum Gasteiger partial charge on any atom is -0.370 e. The number of guanidine groups is 1. The van der Waals surface area contributed by atoms with Crippen LogP contribution in [0.3, 0.4) is 0 Å². The van der Waals surface area contributed by atoms with Gasteiger partial charge in [0.2, 0.25) is 0 Å². The van der Waals surface area contributed by atoms with Crippen molar-refractivity contribution in [3.63, 3.8) is 0 Å². The van der Waals surface area contributed by atoms with Crippen LogP contribution in [-0.4, -0.2) is 15.5 Å². The summed E-state index contributed by atoms with van der Waals surface area (Å²) in [5.41, 5.74) is 7.43. The van der Waals surface area contributed by atoms with Crippen LogP contribution in [0.5, 0.6) is 0 Å². The highest BCUT2D eigenvalue weighted by Gasteiger charge is 2.22. The van der Waals surface area contributed by atoms with Crippen molar-refractivity contribution < 1.29 is 4.39 Å². The summed E-state index contributed by atoms with van der Waals surface area (Å²) in [7, 11) is 0. The Hall–Kier alpha value is -2.08. The fourth-order valence-corrected chi connectivity index (χ4v) is 3.02. The van der Waals surface area contributed by atoms with Crippen molar-refractivity contribution in [1.82, 2.24) is 14.9 Å². The fraction of sp³-hybridized carbons (Fsp3) is 0.333. The molecule has 3 N–H and O–H groups in total. The number of aliphatic imine (C=N–C) groups is 1. The Balaban J connectivity index is 2.22. The molecular formula is C15H17ClFN5. The Bertz CT molecular complexity index is 806.